The molecule has 0 aliphatic heterocycles. The van der Waals surface area contributed by atoms with Crippen LogP contribution in [0, 0.1) is 17.0 Å². The third-order valence-corrected chi connectivity index (χ3v) is 3.09. The van der Waals surface area contributed by atoms with Gasteiger partial charge in [-0.3, -0.25) is 0 Å². The third kappa shape index (κ3) is 4.44. The summed E-state index contributed by atoms with van der Waals surface area (Å²) in [7, 11) is 0. The van der Waals surface area contributed by atoms with Gasteiger partial charge in [0.15, 0.2) is 0 Å². The van der Waals surface area contributed by atoms with Gasteiger partial charge >= 0.3 is 6.03 Å². The lowest BCUT2D eigenvalue weighted by Gasteiger charge is -2.23. The summed E-state index contributed by atoms with van der Waals surface area (Å²) in [6.45, 7) is 3.75. The molecule has 0 radical (unpaired) electrons. The lowest BCUT2D eigenvalue weighted by molar-refractivity contribution is 0.249. The number of hydrogen-bond donors (Lipinski definition) is 3. The number of nitrogens with two attached hydrogens (primary N) is 1. The van der Waals surface area contributed by atoms with Gasteiger partial charge in [-0.15, -0.1) is 0 Å². The highest BCUT2D eigenvalue weighted by Gasteiger charge is 2.22. The number of rotatable bonds is 4. The first-order chi connectivity index (χ1) is 8.72. The molecule has 0 aromatic heterocycles. The fraction of sp³-hybridized carbons (Fsp3) is 0.333. The Morgan fingerprint density at radius 1 is 1.42 bits per heavy atom. The summed E-state index contributed by atoms with van der Waals surface area (Å²) in [5, 5.41) is 4.79. The first kappa shape index (κ1) is 15.3. The van der Waals surface area contributed by atoms with E-state index in [9.17, 15) is 13.6 Å². The topological polar surface area (TPSA) is 67.2 Å². The minimum Gasteiger partial charge on any atom is -0.393 e. The minimum absolute atomic E-state index is 0.105. The molecule has 19 heavy (non-hydrogen) atoms. The second kappa shape index (κ2) is 5.92. The van der Waals surface area contributed by atoms with Crippen LogP contribution < -0.4 is 16.4 Å². The molecule has 0 aliphatic carbocycles. The zero-order valence-corrected chi connectivity index (χ0v) is 11.4. The van der Waals surface area contributed by atoms with Crippen molar-refractivity contribution < 1.29 is 13.6 Å². The van der Waals surface area contributed by atoms with Crippen LogP contribution in [0.25, 0.3) is 0 Å². The number of amides is 2. The van der Waals surface area contributed by atoms with Gasteiger partial charge in [0.1, 0.15) is 11.6 Å². The zero-order valence-electron chi connectivity index (χ0n) is 10.6. The largest absolute Gasteiger partial charge is 0.393 e. The second-order valence-corrected chi connectivity index (χ2v) is 5.12. The number of carbonyl (C=O) groups excluding carboxylic acids is 1. The van der Waals surface area contributed by atoms with Gasteiger partial charge in [-0.05, 0) is 12.1 Å². The Bertz CT molecular complexity index is 506. The molecule has 4 N–H and O–H groups in total. The lowest BCUT2D eigenvalue weighted by Crippen LogP contribution is -2.42. The van der Waals surface area contributed by atoms with Crippen molar-refractivity contribution in [2.75, 3.05) is 11.9 Å². The molecule has 0 saturated carbocycles. The van der Waals surface area contributed by atoms with Crippen LogP contribution in [0.4, 0.5) is 19.3 Å². The summed E-state index contributed by atoms with van der Waals surface area (Å²) >= 11 is 4.85. The number of hydrogen-bond acceptors (Lipinski definition) is 2. The van der Waals surface area contributed by atoms with Gasteiger partial charge in [-0.1, -0.05) is 26.1 Å². The Morgan fingerprint density at radius 2 is 2.05 bits per heavy atom. The summed E-state index contributed by atoms with van der Waals surface area (Å²) in [6, 6.07) is 2.27. The van der Waals surface area contributed by atoms with E-state index in [0.717, 1.165) is 12.1 Å². The average molecular weight is 287 g/mol. The maximum Gasteiger partial charge on any atom is 0.319 e. The Hall–Kier alpha value is -1.76. The van der Waals surface area contributed by atoms with Gasteiger partial charge in [-0.25, -0.2) is 13.6 Å². The molecule has 0 atom stereocenters. The standard InChI is InChI=1S/C12H15F2N3OS/c1-12(2,10(15)19)6-16-11(18)17-9-4-3-7(13)5-8(9)14/h3-5H,6H2,1-2H3,(H2,15,19)(H2,16,17,18). The molecule has 2 amide bonds. The van der Waals surface area contributed by atoms with E-state index < -0.39 is 23.1 Å². The number of carbonyl (C=O) groups is 1. The van der Waals surface area contributed by atoms with Gasteiger partial charge in [0.25, 0.3) is 0 Å². The van der Waals surface area contributed by atoms with Crippen molar-refractivity contribution in [3.63, 3.8) is 0 Å². The van der Waals surface area contributed by atoms with E-state index in [-0.39, 0.29) is 17.2 Å². The van der Waals surface area contributed by atoms with E-state index in [1.54, 1.807) is 13.8 Å². The van der Waals surface area contributed by atoms with Crippen molar-refractivity contribution in [3.8, 4) is 0 Å². The fourth-order valence-corrected chi connectivity index (χ4v) is 1.22. The van der Waals surface area contributed by atoms with Crippen LogP contribution in [0.5, 0.6) is 0 Å². The summed E-state index contributed by atoms with van der Waals surface area (Å²) in [5.41, 5.74) is 4.86. The van der Waals surface area contributed by atoms with Crippen LogP contribution in [0.1, 0.15) is 13.8 Å². The normalized spacial score (nSPS) is 10.9. The monoisotopic (exact) mass is 287 g/mol. The highest BCUT2D eigenvalue weighted by molar-refractivity contribution is 7.80. The van der Waals surface area contributed by atoms with Crippen molar-refractivity contribution in [2.45, 2.75) is 13.8 Å². The van der Waals surface area contributed by atoms with Crippen LogP contribution in [0.3, 0.4) is 0 Å². The Labute approximate surface area is 115 Å². The van der Waals surface area contributed by atoms with Gasteiger partial charge in [0.2, 0.25) is 0 Å². The molecule has 1 aromatic rings. The second-order valence-electron chi connectivity index (χ2n) is 4.68. The predicted molar refractivity (Wildman–Crippen MR) is 73.9 cm³/mol. The molecule has 0 aliphatic rings. The molecule has 0 bridgehead atoms. The van der Waals surface area contributed by atoms with E-state index in [0.29, 0.717) is 6.07 Å². The summed E-state index contributed by atoms with van der Waals surface area (Å²) in [5.74, 6) is -1.55. The molecule has 0 fully saturated rings. The fourth-order valence-electron chi connectivity index (χ4n) is 1.15. The van der Waals surface area contributed by atoms with Gasteiger partial charge in [0, 0.05) is 18.0 Å². The Balaban J connectivity index is 2.59. The van der Waals surface area contributed by atoms with Crippen LogP contribution in [-0.4, -0.2) is 17.6 Å². The highest BCUT2D eigenvalue weighted by Crippen LogP contribution is 2.16. The van der Waals surface area contributed by atoms with Crippen molar-refractivity contribution in [1.29, 1.82) is 0 Å². The Morgan fingerprint density at radius 3 is 2.58 bits per heavy atom. The van der Waals surface area contributed by atoms with Crippen molar-refractivity contribution in [3.05, 3.63) is 29.8 Å². The third-order valence-electron chi connectivity index (χ3n) is 2.54. The first-order valence-corrected chi connectivity index (χ1v) is 5.93. The van der Waals surface area contributed by atoms with E-state index >= 15 is 0 Å². The molecule has 7 heteroatoms. The quantitative estimate of drug-likeness (QED) is 0.745. The lowest BCUT2D eigenvalue weighted by atomic mass is 9.94. The number of urea groups is 1. The smallest absolute Gasteiger partial charge is 0.319 e. The van der Waals surface area contributed by atoms with Gasteiger partial charge < -0.3 is 16.4 Å². The molecule has 4 nitrogen and oxygen atoms in total. The minimum atomic E-state index is -0.844. The van der Waals surface area contributed by atoms with E-state index in [1.807, 2.05) is 0 Å². The van der Waals surface area contributed by atoms with Gasteiger partial charge in [0.05, 0.1) is 10.7 Å². The summed E-state index contributed by atoms with van der Waals surface area (Å²) in [6.07, 6.45) is 0. The van der Waals surface area contributed by atoms with Crippen LogP contribution in [0.2, 0.25) is 0 Å². The predicted octanol–water partition coefficient (Wildman–Crippen LogP) is 2.40. The van der Waals surface area contributed by atoms with E-state index in [1.165, 1.54) is 0 Å². The zero-order chi connectivity index (χ0) is 14.6. The van der Waals surface area contributed by atoms with Gasteiger partial charge in [-0.2, -0.15) is 0 Å². The Kier molecular flexibility index (Phi) is 4.77. The molecular weight excluding hydrogens is 272 g/mol. The molecule has 104 valence electrons. The number of benzene rings is 1. The van der Waals surface area contributed by atoms with E-state index in [4.69, 9.17) is 18.0 Å². The van der Waals surface area contributed by atoms with Crippen molar-refractivity contribution in [2.24, 2.45) is 11.1 Å². The van der Waals surface area contributed by atoms with Crippen LogP contribution in [0.15, 0.2) is 18.2 Å². The van der Waals surface area contributed by atoms with Crippen molar-refractivity contribution >= 4 is 28.9 Å². The van der Waals surface area contributed by atoms with E-state index in [2.05, 4.69) is 10.6 Å². The molecule has 0 unspecified atom stereocenters. The molecule has 0 heterocycles. The molecule has 0 saturated heterocycles. The number of thiocarbonyl (C=S) groups is 1. The summed E-state index contributed by atoms with van der Waals surface area (Å²) in [4.78, 5) is 11.8. The summed E-state index contributed by atoms with van der Waals surface area (Å²) < 4.78 is 26.0. The van der Waals surface area contributed by atoms with Crippen molar-refractivity contribution in [1.82, 2.24) is 5.32 Å². The average Bonchev–Trinajstić information content (AvgIpc) is 2.30. The number of halogens is 2. The number of anilines is 1. The maximum absolute atomic E-state index is 13.3. The first-order valence-electron chi connectivity index (χ1n) is 5.52. The molecule has 0 spiro atoms. The molecule has 1 rings (SSSR count). The molecular formula is C12H15F2N3OS. The number of nitrogens with one attached hydrogen (secondary N) is 2. The SMILES string of the molecule is CC(C)(CNC(=O)Nc1ccc(F)cc1F)C(N)=S. The highest BCUT2D eigenvalue weighted by atomic mass is 32.1. The maximum atomic E-state index is 13.3. The molecule has 1 aromatic carbocycles. The van der Waals surface area contributed by atoms with Crippen LogP contribution >= 0.6 is 12.2 Å². The van der Waals surface area contributed by atoms with Crippen LogP contribution in [-0.2, 0) is 0 Å².